The van der Waals surface area contributed by atoms with E-state index in [2.05, 4.69) is 28.2 Å². The summed E-state index contributed by atoms with van der Waals surface area (Å²) in [4.78, 5) is 10.1. The van der Waals surface area contributed by atoms with Gasteiger partial charge in [-0.2, -0.15) is 0 Å². The number of pyridine rings is 2. The Labute approximate surface area is 187 Å². The van der Waals surface area contributed by atoms with Gasteiger partial charge in [0.05, 0.1) is 10.3 Å². The van der Waals surface area contributed by atoms with Crippen LogP contribution in [0.3, 0.4) is 0 Å². The Hall–Kier alpha value is -2.70. The summed E-state index contributed by atoms with van der Waals surface area (Å²) in [6.07, 6.45) is 8.80. The third-order valence-electron chi connectivity index (χ3n) is 5.78. The molecular formula is C25H24N2O2S2. The number of fused-ring (bicyclic) bond motifs is 1. The van der Waals surface area contributed by atoms with Crippen LogP contribution in [0, 0.1) is 0 Å². The average molecular weight is 449 g/mol. The second-order valence-corrected chi connectivity index (χ2v) is 11.5. The van der Waals surface area contributed by atoms with Crippen molar-refractivity contribution in [3.05, 3.63) is 78.8 Å². The molecule has 0 aliphatic carbocycles. The van der Waals surface area contributed by atoms with Gasteiger partial charge in [-0.1, -0.05) is 24.3 Å². The Morgan fingerprint density at radius 2 is 1.68 bits per heavy atom. The summed E-state index contributed by atoms with van der Waals surface area (Å²) in [5.74, 6) is 0. The van der Waals surface area contributed by atoms with Gasteiger partial charge in [0.25, 0.3) is 0 Å². The van der Waals surface area contributed by atoms with Gasteiger partial charge in [0.15, 0.2) is 9.84 Å². The quantitative estimate of drug-likeness (QED) is 0.352. The zero-order valence-electron chi connectivity index (χ0n) is 18.0. The number of hydrogen-bond donors (Lipinski definition) is 0. The van der Waals surface area contributed by atoms with Crippen molar-refractivity contribution in [2.45, 2.75) is 23.5 Å². The lowest BCUT2D eigenvalue weighted by Crippen LogP contribution is -2.28. The summed E-state index contributed by atoms with van der Waals surface area (Å²) in [5.41, 5.74) is 5.60. The van der Waals surface area contributed by atoms with E-state index in [0.717, 1.165) is 43.6 Å². The zero-order chi connectivity index (χ0) is 22.2. The molecule has 0 fully saturated rings. The molecule has 158 valence electrons. The first kappa shape index (κ1) is 21.5. The normalized spacial score (nSPS) is 12.3. The molecule has 0 spiro atoms. The molecule has 2 aromatic heterocycles. The lowest BCUT2D eigenvalue weighted by molar-refractivity contribution is 0.561. The lowest BCUT2D eigenvalue weighted by atomic mass is 9.92. The van der Waals surface area contributed by atoms with Gasteiger partial charge in [-0.15, -0.1) is 11.8 Å². The molecule has 4 nitrogen and oxygen atoms in total. The van der Waals surface area contributed by atoms with Gasteiger partial charge < -0.3 is 0 Å². The molecule has 4 rings (SSSR count). The van der Waals surface area contributed by atoms with E-state index in [-0.39, 0.29) is 0 Å². The Bertz CT molecular complexity index is 1380. The number of nitrogens with zero attached hydrogens (tertiary/aromatic N) is 2. The van der Waals surface area contributed by atoms with Crippen molar-refractivity contribution in [3.8, 4) is 22.3 Å². The molecule has 0 bridgehead atoms. The minimum atomic E-state index is -3.31. The summed E-state index contributed by atoms with van der Waals surface area (Å²) in [6.45, 7) is 3.50. The van der Waals surface area contributed by atoms with Crippen molar-refractivity contribution in [2.75, 3.05) is 12.5 Å². The summed E-state index contributed by atoms with van der Waals surface area (Å²) < 4.78 is 24.0. The molecule has 2 heterocycles. The van der Waals surface area contributed by atoms with E-state index in [1.165, 1.54) is 6.26 Å². The second kappa shape index (κ2) is 8.09. The SMILES string of the molecule is CSc1cncc(-c2cccc(-c3cc(C(C)(C)S(C)(=O)=O)cc4cccnc34)c2)c1. The van der Waals surface area contributed by atoms with E-state index >= 15 is 0 Å². The van der Waals surface area contributed by atoms with Crippen molar-refractivity contribution in [1.29, 1.82) is 0 Å². The highest BCUT2D eigenvalue weighted by Gasteiger charge is 2.33. The molecule has 0 unspecified atom stereocenters. The molecular weight excluding hydrogens is 424 g/mol. The first-order valence-electron chi connectivity index (χ1n) is 9.89. The average Bonchev–Trinajstić information content (AvgIpc) is 2.77. The highest BCUT2D eigenvalue weighted by Crippen LogP contribution is 2.37. The standard InChI is InChI=1S/C25H24N2O2S2/c1-25(2,31(4,28)29)21-12-19-9-6-10-27-24(19)23(14-21)18-8-5-7-17(11-18)20-13-22(30-3)16-26-15-20/h5-16H,1-4H3. The van der Waals surface area contributed by atoms with Crippen molar-refractivity contribution < 1.29 is 8.42 Å². The van der Waals surface area contributed by atoms with E-state index in [9.17, 15) is 8.42 Å². The molecule has 0 amide bonds. The molecule has 4 aromatic rings. The van der Waals surface area contributed by atoms with Gasteiger partial charge in [-0.3, -0.25) is 9.97 Å². The third-order valence-corrected chi connectivity index (χ3v) is 8.57. The monoisotopic (exact) mass is 448 g/mol. The Morgan fingerprint density at radius 3 is 2.42 bits per heavy atom. The first-order chi connectivity index (χ1) is 14.7. The topological polar surface area (TPSA) is 59.9 Å². The fourth-order valence-electron chi connectivity index (χ4n) is 3.53. The van der Waals surface area contributed by atoms with Crippen molar-refractivity contribution >= 4 is 32.5 Å². The number of benzene rings is 2. The number of aromatic nitrogens is 2. The van der Waals surface area contributed by atoms with Crippen LogP contribution >= 0.6 is 11.8 Å². The van der Waals surface area contributed by atoms with Gasteiger partial charge in [0, 0.05) is 46.3 Å². The molecule has 6 heteroatoms. The molecule has 0 aliphatic heterocycles. The molecule has 0 atom stereocenters. The second-order valence-electron chi connectivity index (χ2n) is 8.08. The van der Waals surface area contributed by atoms with E-state index in [1.807, 2.05) is 55.0 Å². The Balaban J connectivity index is 1.94. The molecule has 0 radical (unpaired) electrons. The van der Waals surface area contributed by atoms with Crippen LogP contribution in [0.5, 0.6) is 0 Å². The van der Waals surface area contributed by atoms with Crippen molar-refractivity contribution in [2.24, 2.45) is 0 Å². The molecule has 0 saturated carbocycles. The summed E-state index contributed by atoms with van der Waals surface area (Å²) in [7, 11) is -3.31. The van der Waals surface area contributed by atoms with Crippen LogP contribution in [0.25, 0.3) is 33.2 Å². The molecule has 0 saturated heterocycles. The fraction of sp³-hybridized carbons (Fsp3) is 0.200. The van der Waals surface area contributed by atoms with Crippen LogP contribution in [-0.4, -0.2) is 30.9 Å². The maximum atomic E-state index is 12.5. The largest absolute Gasteiger partial charge is 0.263 e. The highest BCUT2D eigenvalue weighted by molar-refractivity contribution is 7.98. The number of hydrogen-bond acceptors (Lipinski definition) is 5. The van der Waals surface area contributed by atoms with Gasteiger partial charge in [-0.05, 0) is 67.1 Å². The maximum Gasteiger partial charge on any atom is 0.156 e. The van der Waals surface area contributed by atoms with Crippen LogP contribution in [-0.2, 0) is 14.6 Å². The lowest BCUT2D eigenvalue weighted by Gasteiger charge is -2.24. The predicted octanol–water partition coefficient (Wildman–Crippen LogP) is 5.97. The van der Waals surface area contributed by atoms with Crippen LogP contribution in [0.2, 0.25) is 0 Å². The Morgan fingerprint density at radius 1 is 0.903 bits per heavy atom. The zero-order valence-corrected chi connectivity index (χ0v) is 19.6. The smallest absolute Gasteiger partial charge is 0.156 e. The van der Waals surface area contributed by atoms with E-state index < -0.39 is 14.6 Å². The minimum absolute atomic E-state index is 0.752. The van der Waals surface area contributed by atoms with E-state index in [4.69, 9.17) is 0 Å². The summed E-state index contributed by atoms with van der Waals surface area (Å²) in [5, 5.41) is 0.920. The maximum absolute atomic E-state index is 12.5. The number of sulfone groups is 1. The molecule has 0 N–H and O–H groups in total. The van der Waals surface area contributed by atoms with Gasteiger partial charge in [-0.25, -0.2) is 8.42 Å². The molecule has 31 heavy (non-hydrogen) atoms. The third kappa shape index (κ3) is 4.10. The van der Waals surface area contributed by atoms with Crippen LogP contribution < -0.4 is 0 Å². The number of rotatable bonds is 5. The highest BCUT2D eigenvalue weighted by atomic mass is 32.2. The van der Waals surface area contributed by atoms with Gasteiger partial charge >= 0.3 is 0 Å². The summed E-state index contributed by atoms with van der Waals surface area (Å²) >= 11 is 1.66. The molecule has 2 aromatic carbocycles. The fourth-order valence-corrected chi connectivity index (χ4v) is 4.49. The summed E-state index contributed by atoms with van der Waals surface area (Å²) in [6, 6.07) is 18.1. The van der Waals surface area contributed by atoms with Gasteiger partial charge in [0.2, 0.25) is 0 Å². The van der Waals surface area contributed by atoms with Crippen molar-refractivity contribution in [3.63, 3.8) is 0 Å². The van der Waals surface area contributed by atoms with Crippen LogP contribution in [0.15, 0.2) is 78.1 Å². The number of thioether (sulfide) groups is 1. The predicted molar refractivity (Wildman–Crippen MR) is 130 cm³/mol. The van der Waals surface area contributed by atoms with E-state index in [1.54, 1.807) is 31.8 Å². The van der Waals surface area contributed by atoms with Crippen LogP contribution in [0.1, 0.15) is 19.4 Å². The van der Waals surface area contributed by atoms with Crippen molar-refractivity contribution in [1.82, 2.24) is 9.97 Å². The first-order valence-corrected chi connectivity index (χ1v) is 13.0. The Kier molecular flexibility index (Phi) is 5.62. The minimum Gasteiger partial charge on any atom is -0.263 e. The van der Waals surface area contributed by atoms with Gasteiger partial charge in [0.1, 0.15) is 0 Å². The van der Waals surface area contributed by atoms with E-state index in [0.29, 0.717) is 0 Å². The van der Waals surface area contributed by atoms with Crippen LogP contribution in [0.4, 0.5) is 0 Å². The molecule has 0 aliphatic rings.